The van der Waals surface area contributed by atoms with Gasteiger partial charge in [-0.15, -0.1) is 0 Å². The molecule has 0 amide bonds. The number of ether oxygens (including phenoxy) is 2. The molecule has 1 aromatic carbocycles. The third-order valence-electron chi connectivity index (χ3n) is 5.27. The number of benzene rings is 1. The molecule has 2 heterocycles. The number of aryl methyl sites for hydroxylation is 1. The molecule has 2 aliphatic rings. The monoisotopic (exact) mass is 316 g/mol. The van der Waals surface area contributed by atoms with Gasteiger partial charge in [0.05, 0.1) is 18.3 Å². The molecule has 2 fully saturated rings. The molecule has 2 bridgehead atoms. The van der Waals surface area contributed by atoms with Crippen molar-refractivity contribution in [1.82, 2.24) is 0 Å². The normalized spacial score (nSPS) is 32.8. The first kappa shape index (κ1) is 16.2. The highest BCUT2D eigenvalue weighted by Crippen LogP contribution is 2.52. The topological polar surface area (TPSA) is 52.6 Å². The second kappa shape index (κ2) is 6.08. The lowest BCUT2D eigenvalue weighted by atomic mass is 9.77. The molecule has 4 heteroatoms. The Hall–Kier alpha value is -1.68. The summed E-state index contributed by atoms with van der Waals surface area (Å²) >= 11 is 0. The molecule has 124 valence electrons. The van der Waals surface area contributed by atoms with Gasteiger partial charge < -0.3 is 9.47 Å². The average Bonchev–Trinajstić information content (AvgIpc) is 2.80. The zero-order valence-corrected chi connectivity index (χ0v) is 13.8. The van der Waals surface area contributed by atoms with Gasteiger partial charge in [-0.25, -0.2) is 0 Å². The number of carbonyl (C=O) groups is 2. The molecule has 0 aliphatic carbocycles. The van der Waals surface area contributed by atoms with Crippen molar-refractivity contribution in [2.45, 2.75) is 56.7 Å². The van der Waals surface area contributed by atoms with Crippen LogP contribution in [0.25, 0.3) is 0 Å². The lowest BCUT2D eigenvalue weighted by Crippen LogP contribution is -2.54. The number of hydrogen-bond acceptors (Lipinski definition) is 4. The van der Waals surface area contributed by atoms with Crippen molar-refractivity contribution in [2.24, 2.45) is 5.92 Å². The fourth-order valence-corrected chi connectivity index (χ4v) is 4.18. The van der Waals surface area contributed by atoms with Gasteiger partial charge >= 0.3 is 5.97 Å². The second-order valence-corrected chi connectivity index (χ2v) is 7.06. The van der Waals surface area contributed by atoms with Crippen LogP contribution < -0.4 is 0 Å². The van der Waals surface area contributed by atoms with E-state index >= 15 is 0 Å². The summed E-state index contributed by atoms with van der Waals surface area (Å²) in [6.07, 6.45) is 4.42. The average molecular weight is 316 g/mol. The van der Waals surface area contributed by atoms with Crippen LogP contribution in [0.3, 0.4) is 0 Å². The molecule has 4 nitrogen and oxygen atoms in total. The smallest absolute Gasteiger partial charge is 0.319 e. The molecular weight excluding hydrogens is 292 g/mol. The lowest BCUT2D eigenvalue weighted by Gasteiger charge is -2.42. The molecular formula is C19H24O4. The Kier molecular flexibility index (Phi) is 4.28. The summed E-state index contributed by atoms with van der Waals surface area (Å²) in [6, 6.07) is 10.2. The number of ketones is 1. The fourth-order valence-electron chi connectivity index (χ4n) is 4.18. The molecule has 2 saturated heterocycles. The van der Waals surface area contributed by atoms with Crippen molar-refractivity contribution in [3.63, 3.8) is 0 Å². The molecule has 0 aromatic heterocycles. The van der Waals surface area contributed by atoms with E-state index in [1.165, 1.54) is 12.7 Å². The van der Waals surface area contributed by atoms with Crippen molar-refractivity contribution in [1.29, 1.82) is 0 Å². The first-order valence-corrected chi connectivity index (χ1v) is 8.33. The van der Waals surface area contributed by atoms with Crippen LogP contribution in [0.4, 0.5) is 0 Å². The number of rotatable bonds is 5. The third kappa shape index (κ3) is 3.05. The van der Waals surface area contributed by atoms with Crippen LogP contribution in [0.15, 0.2) is 30.3 Å². The third-order valence-corrected chi connectivity index (χ3v) is 5.27. The number of carbonyl (C=O) groups excluding carboxylic acids is 2. The zero-order chi connectivity index (χ0) is 16.5. The number of hydrogen-bond donors (Lipinski definition) is 0. The minimum atomic E-state index is -0.765. The SMILES string of the molecule is COC(=O)C1C(=O)C[C@@]2(C)CC[C@]1(CCCc1ccccc1)O2. The Morgan fingerprint density at radius 1 is 1.30 bits per heavy atom. The van der Waals surface area contributed by atoms with Gasteiger partial charge in [-0.1, -0.05) is 30.3 Å². The maximum absolute atomic E-state index is 12.5. The van der Waals surface area contributed by atoms with E-state index in [1.807, 2.05) is 25.1 Å². The Balaban J connectivity index is 1.75. The van der Waals surface area contributed by atoms with E-state index in [9.17, 15) is 9.59 Å². The van der Waals surface area contributed by atoms with Crippen LogP contribution in [0.2, 0.25) is 0 Å². The maximum atomic E-state index is 12.5. The highest BCUT2D eigenvalue weighted by Gasteiger charge is 2.61. The largest absolute Gasteiger partial charge is 0.468 e. The minimum Gasteiger partial charge on any atom is -0.468 e. The summed E-state index contributed by atoms with van der Waals surface area (Å²) in [7, 11) is 1.34. The number of methoxy groups -OCH3 is 1. The van der Waals surface area contributed by atoms with Gasteiger partial charge in [0.2, 0.25) is 0 Å². The first-order valence-electron chi connectivity index (χ1n) is 8.33. The van der Waals surface area contributed by atoms with E-state index in [2.05, 4.69) is 12.1 Å². The predicted molar refractivity (Wildman–Crippen MR) is 86.0 cm³/mol. The molecule has 3 atom stereocenters. The Morgan fingerprint density at radius 3 is 2.74 bits per heavy atom. The van der Waals surface area contributed by atoms with Crippen LogP contribution in [0.1, 0.15) is 44.6 Å². The van der Waals surface area contributed by atoms with Gasteiger partial charge in [-0.3, -0.25) is 9.59 Å². The number of fused-ring (bicyclic) bond motifs is 2. The highest BCUT2D eigenvalue weighted by atomic mass is 16.5. The Morgan fingerprint density at radius 2 is 2.04 bits per heavy atom. The Labute approximate surface area is 137 Å². The van der Waals surface area contributed by atoms with Crippen molar-refractivity contribution in [3.8, 4) is 0 Å². The fraction of sp³-hybridized carbons (Fsp3) is 0.579. The van der Waals surface area contributed by atoms with Crippen molar-refractivity contribution in [3.05, 3.63) is 35.9 Å². The summed E-state index contributed by atoms with van der Waals surface area (Å²) in [5, 5.41) is 0. The van der Waals surface area contributed by atoms with Crippen molar-refractivity contribution >= 4 is 11.8 Å². The zero-order valence-electron chi connectivity index (χ0n) is 13.8. The summed E-state index contributed by atoms with van der Waals surface area (Å²) < 4.78 is 11.2. The quantitative estimate of drug-likeness (QED) is 0.619. The van der Waals surface area contributed by atoms with Crippen molar-refractivity contribution < 1.29 is 19.1 Å². The van der Waals surface area contributed by atoms with E-state index in [0.29, 0.717) is 12.8 Å². The molecule has 0 N–H and O–H groups in total. The van der Waals surface area contributed by atoms with Crippen LogP contribution in [0, 0.1) is 5.92 Å². The van der Waals surface area contributed by atoms with E-state index < -0.39 is 23.1 Å². The van der Waals surface area contributed by atoms with E-state index in [4.69, 9.17) is 9.47 Å². The van der Waals surface area contributed by atoms with Gasteiger partial charge in [-0.05, 0) is 44.6 Å². The molecule has 3 rings (SSSR count). The molecule has 0 spiro atoms. The van der Waals surface area contributed by atoms with Gasteiger partial charge in [-0.2, -0.15) is 0 Å². The van der Waals surface area contributed by atoms with Crippen LogP contribution >= 0.6 is 0 Å². The van der Waals surface area contributed by atoms with Gasteiger partial charge in [0.1, 0.15) is 5.92 Å². The highest BCUT2D eigenvalue weighted by molar-refractivity contribution is 6.01. The molecule has 1 unspecified atom stereocenters. The van der Waals surface area contributed by atoms with Crippen LogP contribution in [0.5, 0.6) is 0 Å². The van der Waals surface area contributed by atoms with E-state index in [-0.39, 0.29) is 5.78 Å². The van der Waals surface area contributed by atoms with Gasteiger partial charge in [0, 0.05) is 6.42 Å². The maximum Gasteiger partial charge on any atom is 0.319 e. The summed E-state index contributed by atoms with van der Waals surface area (Å²) in [4.78, 5) is 24.7. The number of Topliss-reactive ketones (excluding diaryl/α,β-unsaturated/α-hetero) is 1. The number of esters is 1. The van der Waals surface area contributed by atoms with Crippen LogP contribution in [-0.4, -0.2) is 30.1 Å². The van der Waals surface area contributed by atoms with Gasteiger partial charge in [0.25, 0.3) is 0 Å². The van der Waals surface area contributed by atoms with E-state index in [1.54, 1.807) is 0 Å². The van der Waals surface area contributed by atoms with Gasteiger partial charge in [0.15, 0.2) is 5.78 Å². The predicted octanol–water partition coefficient (Wildman–Crippen LogP) is 3.08. The standard InChI is InChI=1S/C19H24O4/c1-18-11-12-19(23-18,16(15(20)13-18)17(21)22-2)10-6-9-14-7-4-3-5-8-14/h3-5,7-8,16H,6,9-13H2,1-2H3/t16?,18-,19+/m1/s1. The molecule has 23 heavy (non-hydrogen) atoms. The van der Waals surface area contributed by atoms with E-state index in [0.717, 1.165) is 25.7 Å². The Bertz CT molecular complexity index is 597. The summed E-state index contributed by atoms with van der Waals surface area (Å²) in [6.45, 7) is 1.98. The minimum absolute atomic E-state index is 0.0252. The lowest BCUT2D eigenvalue weighted by molar-refractivity contribution is -0.189. The van der Waals surface area contributed by atoms with Crippen LogP contribution in [-0.2, 0) is 25.5 Å². The summed E-state index contributed by atoms with van der Waals surface area (Å²) in [5.41, 5.74) is 0.182. The molecule has 1 aromatic rings. The second-order valence-electron chi connectivity index (χ2n) is 7.06. The molecule has 0 saturated carbocycles. The summed E-state index contributed by atoms with van der Waals surface area (Å²) in [5.74, 6) is -1.24. The molecule has 2 aliphatic heterocycles. The molecule has 0 radical (unpaired) electrons. The van der Waals surface area contributed by atoms with Crippen molar-refractivity contribution in [2.75, 3.05) is 7.11 Å². The first-order chi connectivity index (χ1) is 11.0.